The summed E-state index contributed by atoms with van der Waals surface area (Å²) in [4.78, 5) is 9.64. The van der Waals surface area contributed by atoms with E-state index in [0.29, 0.717) is 5.88 Å². The van der Waals surface area contributed by atoms with Crippen molar-refractivity contribution in [3.63, 3.8) is 0 Å². The molecule has 0 saturated heterocycles. The van der Waals surface area contributed by atoms with Crippen LogP contribution in [0.25, 0.3) is 11.3 Å². The third-order valence-electron chi connectivity index (χ3n) is 2.22. The van der Waals surface area contributed by atoms with Gasteiger partial charge in [-0.3, -0.25) is 0 Å². The van der Waals surface area contributed by atoms with Crippen molar-refractivity contribution in [3.8, 4) is 17.1 Å². The lowest BCUT2D eigenvalue weighted by Crippen LogP contribution is -1.93. The summed E-state index contributed by atoms with van der Waals surface area (Å²) in [5.41, 5.74) is 1.79. The zero-order valence-corrected chi connectivity index (χ0v) is 9.99. The average molecular weight is 232 g/mol. The van der Waals surface area contributed by atoms with E-state index in [1.807, 2.05) is 12.1 Å². The second-order valence-electron chi connectivity index (χ2n) is 3.14. The first-order valence-electron chi connectivity index (χ1n) is 4.84. The van der Waals surface area contributed by atoms with Crippen LogP contribution in [0.2, 0.25) is 0 Å². The lowest BCUT2D eigenvalue weighted by atomic mass is 10.1. The summed E-state index contributed by atoms with van der Waals surface area (Å²) >= 11 is 1.72. The van der Waals surface area contributed by atoms with Gasteiger partial charge in [0.15, 0.2) is 0 Å². The predicted octanol–water partition coefficient (Wildman–Crippen LogP) is 2.87. The molecule has 82 valence electrons. The van der Waals surface area contributed by atoms with Crippen molar-refractivity contribution in [1.82, 2.24) is 9.97 Å². The number of rotatable bonds is 3. The molecule has 0 aliphatic carbocycles. The summed E-state index contributed by atoms with van der Waals surface area (Å²) in [6.07, 6.45) is 5.34. The molecule has 2 rings (SSSR count). The molecule has 0 radical (unpaired) electrons. The molecule has 2 aromatic rings. The first kappa shape index (κ1) is 11.0. The molecular weight excluding hydrogens is 220 g/mol. The lowest BCUT2D eigenvalue weighted by molar-refractivity contribution is 0.398. The van der Waals surface area contributed by atoms with E-state index in [2.05, 4.69) is 28.4 Å². The summed E-state index contributed by atoms with van der Waals surface area (Å²) in [7, 11) is 1.60. The Morgan fingerprint density at radius 3 is 2.38 bits per heavy atom. The number of hydrogen-bond donors (Lipinski definition) is 0. The van der Waals surface area contributed by atoms with Crippen molar-refractivity contribution in [2.75, 3.05) is 13.4 Å². The Balaban J connectivity index is 2.42. The molecule has 16 heavy (non-hydrogen) atoms. The van der Waals surface area contributed by atoms with Crippen molar-refractivity contribution in [2.24, 2.45) is 0 Å². The van der Waals surface area contributed by atoms with Gasteiger partial charge in [0.25, 0.3) is 0 Å². The Morgan fingerprint density at radius 1 is 1.06 bits per heavy atom. The zero-order chi connectivity index (χ0) is 11.4. The molecule has 0 aliphatic heterocycles. The molecule has 0 atom stereocenters. The number of thioether (sulfide) groups is 1. The smallest absolute Gasteiger partial charge is 0.240 e. The quantitative estimate of drug-likeness (QED) is 0.762. The van der Waals surface area contributed by atoms with Gasteiger partial charge < -0.3 is 4.74 Å². The van der Waals surface area contributed by atoms with Crippen LogP contribution in [0.1, 0.15) is 0 Å². The van der Waals surface area contributed by atoms with Gasteiger partial charge in [-0.2, -0.15) is 0 Å². The first-order chi connectivity index (χ1) is 7.85. The third kappa shape index (κ3) is 2.17. The summed E-state index contributed by atoms with van der Waals surface area (Å²) in [6.45, 7) is 0. The van der Waals surface area contributed by atoms with Crippen molar-refractivity contribution in [1.29, 1.82) is 0 Å². The fourth-order valence-corrected chi connectivity index (χ4v) is 1.83. The Labute approximate surface area is 98.9 Å². The van der Waals surface area contributed by atoms with Gasteiger partial charge in [0, 0.05) is 22.9 Å². The van der Waals surface area contributed by atoms with Crippen molar-refractivity contribution >= 4 is 11.8 Å². The maximum absolute atomic E-state index is 5.18. The minimum Gasteiger partial charge on any atom is -0.479 e. The average Bonchev–Trinajstić information content (AvgIpc) is 2.39. The largest absolute Gasteiger partial charge is 0.479 e. The Morgan fingerprint density at radius 2 is 1.75 bits per heavy atom. The van der Waals surface area contributed by atoms with E-state index in [1.54, 1.807) is 31.3 Å². The number of hydrogen-bond acceptors (Lipinski definition) is 4. The molecule has 1 heterocycles. The number of ether oxygens (including phenoxy) is 1. The molecular formula is C12H12N2OS. The maximum Gasteiger partial charge on any atom is 0.240 e. The van der Waals surface area contributed by atoms with Crippen LogP contribution < -0.4 is 4.74 Å². The number of nitrogens with zero attached hydrogens (tertiary/aromatic N) is 2. The van der Waals surface area contributed by atoms with Crippen LogP contribution in [0, 0.1) is 0 Å². The Kier molecular flexibility index (Phi) is 3.41. The zero-order valence-electron chi connectivity index (χ0n) is 9.18. The van der Waals surface area contributed by atoms with Gasteiger partial charge in [0.2, 0.25) is 5.88 Å². The molecule has 0 saturated carbocycles. The van der Waals surface area contributed by atoms with E-state index in [4.69, 9.17) is 4.74 Å². The molecule has 1 aromatic carbocycles. The molecule has 0 N–H and O–H groups in total. The van der Waals surface area contributed by atoms with E-state index in [-0.39, 0.29) is 0 Å². The topological polar surface area (TPSA) is 35.0 Å². The van der Waals surface area contributed by atoms with Gasteiger partial charge in [-0.25, -0.2) is 9.97 Å². The third-order valence-corrected chi connectivity index (χ3v) is 2.97. The Hall–Kier alpha value is -1.55. The number of aromatic nitrogens is 2. The minimum absolute atomic E-state index is 0.555. The molecule has 0 unspecified atom stereocenters. The van der Waals surface area contributed by atoms with Gasteiger partial charge >= 0.3 is 0 Å². The Bertz CT molecular complexity index is 471. The fourth-order valence-electron chi connectivity index (χ4n) is 1.42. The molecule has 3 nitrogen and oxygen atoms in total. The van der Waals surface area contributed by atoms with Gasteiger partial charge in [-0.05, 0) is 18.4 Å². The monoisotopic (exact) mass is 232 g/mol. The standard InChI is InChI=1S/C12H12N2OS/c1-15-12-11(13-7-8-14-12)9-3-5-10(16-2)6-4-9/h3-8H,1-2H3. The van der Waals surface area contributed by atoms with E-state index < -0.39 is 0 Å². The molecule has 0 fully saturated rings. The summed E-state index contributed by atoms with van der Waals surface area (Å²) in [5, 5.41) is 0. The van der Waals surface area contributed by atoms with Gasteiger partial charge in [-0.15, -0.1) is 11.8 Å². The first-order valence-corrected chi connectivity index (χ1v) is 6.07. The lowest BCUT2D eigenvalue weighted by Gasteiger charge is -2.06. The van der Waals surface area contributed by atoms with Gasteiger partial charge in [0.1, 0.15) is 5.69 Å². The highest BCUT2D eigenvalue weighted by Crippen LogP contribution is 2.26. The van der Waals surface area contributed by atoms with Crippen LogP contribution in [-0.4, -0.2) is 23.3 Å². The molecule has 0 aliphatic rings. The highest BCUT2D eigenvalue weighted by atomic mass is 32.2. The highest BCUT2D eigenvalue weighted by molar-refractivity contribution is 7.98. The van der Waals surface area contributed by atoms with Crippen molar-refractivity contribution in [3.05, 3.63) is 36.7 Å². The van der Waals surface area contributed by atoms with Gasteiger partial charge in [0.05, 0.1) is 7.11 Å². The van der Waals surface area contributed by atoms with Crippen molar-refractivity contribution in [2.45, 2.75) is 4.90 Å². The maximum atomic E-state index is 5.18. The van der Waals surface area contributed by atoms with Crippen LogP contribution in [0.5, 0.6) is 5.88 Å². The molecule has 0 spiro atoms. The minimum atomic E-state index is 0.555. The number of methoxy groups -OCH3 is 1. The van der Waals surface area contributed by atoms with Crippen LogP contribution in [0.15, 0.2) is 41.6 Å². The van der Waals surface area contributed by atoms with E-state index in [0.717, 1.165) is 11.3 Å². The second-order valence-corrected chi connectivity index (χ2v) is 4.02. The normalized spacial score (nSPS) is 10.1. The summed E-state index contributed by atoms with van der Waals surface area (Å²) < 4.78 is 5.18. The number of benzene rings is 1. The van der Waals surface area contributed by atoms with Crippen LogP contribution in [0.4, 0.5) is 0 Å². The van der Waals surface area contributed by atoms with Gasteiger partial charge in [-0.1, -0.05) is 12.1 Å². The molecule has 4 heteroatoms. The van der Waals surface area contributed by atoms with E-state index in [9.17, 15) is 0 Å². The highest BCUT2D eigenvalue weighted by Gasteiger charge is 2.07. The van der Waals surface area contributed by atoms with Crippen LogP contribution in [0.3, 0.4) is 0 Å². The molecule has 0 bridgehead atoms. The molecule has 0 amide bonds. The second kappa shape index (κ2) is 4.99. The van der Waals surface area contributed by atoms with Crippen LogP contribution in [-0.2, 0) is 0 Å². The predicted molar refractivity (Wildman–Crippen MR) is 65.8 cm³/mol. The van der Waals surface area contributed by atoms with Crippen molar-refractivity contribution < 1.29 is 4.74 Å². The molecule has 1 aromatic heterocycles. The van der Waals surface area contributed by atoms with E-state index >= 15 is 0 Å². The fraction of sp³-hybridized carbons (Fsp3) is 0.167. The van der Waals surface area contributed by atoms with Crippen LogP contribution >= 0.6 is 11.8 Å². The summed E-state index contributed by atoms with van der Waals surface area (Å²) in [5.74, 6) is 0.555. The van der Waals surface area contributed by atoms with E-state index in [1.165, 1.54) is 4.90 Å². The SMILES string of the molecule is COc1nccnc1-c1ccc(SC)cc1. The summed E-state index contributed by atoms with van der Waals surface area (Å²) in [6, 6.07) is 8.18.